The minimum absolute atomic E-state index is 0.184. The van der Waals surface area contributed by atoms with E-state index in [0.717, 1.165) is 0 Å². The SMILES string of the molecule is CC(C)(C)OC(=O)N1CC(OCC(=O)ON2C(=O)c3ccccc3C2=O)C1. The van der Waals surface area contributed by atoms with Crippen molar-refractivity contribution in [2.24, 2.45) is 0 Å². The molecule has 0 aromatic heterocycles. The Labute approximate surface area is 155 Å². The number of benzene rings is 1. The maximum atomic E-state index is 12.1. The first kappa shape index (κ1) is 18.8. The van der Waals surface area contributed by atoms with Crippen LogP contribution >= 0.6 is 0 Å². The molecule has 2 heterocycles. The van der Waals surface area contributed by atoms with Gasteiger partial charge in [-0.2, -0.15) is 0 Å². The van der Waals surface area contributed by atoms with E-state index in [0.29, 0.717) is 5.06 Å². The molecule has 2 aliphatic heterocycles. The van der Waals surface area contributed by atoms with Gasteiger partial charge in [-0.05, 0) is 32.9 Å². The molecule has 1 saturated heterocycles. The monoisotopic (exact) mass is 376 g/mol. The van der Waals surface area contributed by atoms with Crippen LogP contribution in [0.15, 0.2) is 24.3 Å². The van der Waals surface area contributed by atoms with Crippen molar-refractivity contribution in [1.82, 2.24) is 9.96 Å². The van der Waals surface area contributed by atoms with Crippen LogP contribution in [0.4, 0.5) is 4.79 Å². The second-order valence-electron chi connectivity index (χ2n) is 7.23. The Balaban J connectivity index is 1.43. The van der Waals surface area contributed by atoms with Gasteiger partial charge < -0.3 is 19.2 Å². The van der Waals surface area contributed by atoms with Gasteiger partial charge in [0.05, 0.1) is 30.3 Å². The molecule has 0 aliphatic carbocycles. The largest absolute Gasteiger partial charge is 0.444 e. The van der Waals surface area contributed by atoms with Gasteiger partial charge in [0.15, 0.2) is 0 Å². The molecule has 1 fully saturated rings. The minimum atomic E-state index is -0.875. The van der Waals surface area contributed by atoms with E-state index in [-0.39, 0.29) is 30.3 Å². The maximum absolute atomic E-state index is 12.1. The molecule has 144 valence electrons. The summed E-state index contributed by atoms with van der Waals surface area (Å²) in [5.41, 5.74) is -0.217. The lowest BCUT2D eigenvalue weighted by Crippen LogP contribution is -2.56. The zero-order valence-electron chi connectivity index (χ0n) is 15.3. The normalized spacial score (nSPS) is 16.9. The number of amides is 3. The van der Waals surface area contributed by atoms with Crippen LogP contribution < -0.4 is 0 Å². The van der Waals surface area contributed by atoms with Gasteiger partial charge in [-0.25, -0.2) is 9.59 Å². The topological polar surface area (TPSA) is 102 Å². The summed E-state index contributed by atoms with van der Waals surface area (Å²) in [6, 6.07) is 6.20. The number of rotatable bonds is 4. The summed E-state index contributed by atoms with van der Waals surface area (Å²) >= 11 is 0. The fourth-order valence-electron chi connectivity index (χ4n) is 2.58. The fourth-order valence-corrected chi connectivity index (χ4v) is 2.58. The Bertz CT molecular complexity index is 758. The van der Waals surface area contributed by atoms with Crippen molar-refractivity contribution in [3.05, 3.63) is 35.4 Å². The van der Waals surface area contributed by atoms with Gasteiger partial charge in [0.25, 0.3) is 11.8 Å². The third-order valence-corrected chi connectivity index (χ3v) is 3.89. The molecule has 1 aromatic carbocycles. The van der Waals surface area contributed by atoms with Crippen molar-refractivity contribution in [2.75, 3.05) is 19.7 Å². The Kier molecular flexibility index (Phi) is 4.88. The molecule has 0 radical (unpaired) electrons. The van der Waals surface area contributed by atoms with Gasteiger partial charge in [-0.15, -0.1) is 0 Å². The lowest BCUT2D eigenvalue weighted by molar-refractivity contribution is -0.178. The van der Waals surface area contributed by atoms with Crippen molar-refractivity contribution >= 4 is 23.9 Å². The number of carbonyl (C=O) groups is 4. The number of hydroxylamine groups is 2. The predicted octanol–water partition coefficient (Wildman–Crippen LogP) is 1.38. The molecule has 9 heteroatoms. The first-order valence-electron chi connectivity index (χ1n) is 8.44. The number of imide groups is 1. The Morgan fingerprint density at radius 3 is 2.15 bits per heavy atom. The van der Waals surface area contributed by atoms with Crippen molar-refractivity contribution in [3.8, 4) is 0 Å². The lowest BCUT2D eigenvalue weighted by atomic mass is 10.1. The second kappa shape index (κ2) is 6.99. The van der Waals surface area contributed by atoms with Crippen molar-refractivity contribution < 1.29 is 33.5 Å². The molecule has 1 aromatic rings. The number of hydrogen-bond donors (Lipinski definition) is 0. The summed E-state index contributed by atoms with van der Waals surface area (Å²) in [6.07, 6.45) is -0.789. The zero-order valence-corrected chi connectivity index (χ0v) is 15.3. The van der Waals surface area contributed by atoms with E-state index in [1.807, 2.05) is 0 Å². The highest BCUT2D eigenvalue weighted by atomic mass is 16.7. The van der Waals surface area contributed by atoms with Crippen LogP contribution in [0, 0.1) is 0 Å². The van der Waals surface area contributed by atoms with Crippen LogP contribution in [0.3, 0.4) is 0 Å². The summed E-state index contributed by atoms with van der Waals surface area (Å²) in [5, 5.41) is 0.435. The van der Waals surface area contributed by atoms with Crippen molar-refractivity contribution in [3.63, 3.8) is 0 Å². The molecular weight excluding hydrogens is 356 g/mol. The molecule has 3 rings (SSSR count). The third-order valence-electron chi connectivity index (χ3n) is 3.89. The van der Waals surface area contributed by atoms with Gasteiger partial charge in [0, 0.05) is 0 Å². The number of fused-ring (bicyclic) bond motifs is 1. The van der Waals surface area contributed by atoms with Crippen LogP contribution in [0.1, 0.15) is 41.5 Å². The van der Waals surface area contributed by atoms with E-state index in [1.165, 1.54) is 17.0 Å². The van der Waals surface area contributed by atoms with Crippen molar-refractivity contribution in [1.29, 1.82) is 0 Å². The van der Waals surface area contributed by atoms with Crippen LogP contribution in [-0.2, 0) is 19.1 Å². The van der Waals surface area contributed by atoms with Crippen LogP contribution in [0.5, 0.6) is 0 Å². The Morgan fingerprint density at radius 2 is 1.63 bits per heavy atom. The zero-order chi connectivity index (χ0) is 19.8. The Morgan fingerprint density at radius 1 is 1.07 bits per heavy atom. The van der Waals surface area contributed by atoms with E-state index in [9.17, 15) is 19.2 Å². The summed E-state index contributed by atoms with van der Waals surface area (Å²) in [6.45, 7) is 5.44. The van der Waals surface area contributed by atoms with E-state index in [2.05, 4.69) is 0 Å². The molecular formula is C18H20N2O7. The number of ether oxygens (including phenoxy) is 2. The Hall–Kier alpha value is -2.94. The number of carbonyl (C=O) groups excluding carboxylic acids is 4. The summed E-state index contributed by atoms with van der Waals surface area (Å²) in [7, 11) is 0. The first-order valence-corrected chi connectivity index (χ1v) is 8.44. The predicted molar refractivity (Wildman–Crippen MR) is 90.6 cm³/mol. The molecule has 0 atom stereocenters. The lowest BCUT2D eigenvalue weighted by Gasteiger charge is -2.39. The second-order valence-corrected chi connectivity index (χ2v) is 7.23. The fraction of sp³-hybridized carbons (Fsp3) is 0.444. The first-order chi connectivity index (χ1) is 12.7. The van der Waals surface area contributed by atoms with Crippen molar-refractivity contribution in [2.45, 2.75) is 32.5 Å². The van der Waals surface area contributed by atoms with Crippen LogP contribution in [0.25, 0.3) is 0 Å². The van der Waals surface area contributed by atoms with E-state index in [4.69, 9.17) is 14.3 Å². The van der Waals surface area contributed by atoms with Gasteiger partial charge in [0.1, 0.15) is 12.2 Å². The van der Waals surface area contributed by atoms with E-state index < -0.39 is 36.1 Å². The van der Waals surface area contributed by atoms with Gasteiger partial charge >= 0.3 is 12.1 Å². The van der Waals surface area contributed by atoms with Gasteiger partial charge in [-0.3, -0.25) is 9.59 Å². The molecule has 2 aliphatic rings. The third kappa shape index (κ3) is 4.08. The van der Waals surface area contributed by atoms with E-state index >= 15 is 0 Å². The molecule has 0 bridgehead atoms. The van der Waals surface area contributed by atoms with Gasteiger partial charge in [-0.1, -0.05) is 17.2 Å². The number of likely N-dealkylation sites (tertiary alicyclic amines) is 1. The highest BCUT2D eigenvalue weighted by molar-refractivity contribution is 6.20. The van der Waals surface area contributed by atoms with Crippen LogP contribution in [-0.4, -0.2) is 65.2 Å². The molecule has 0 spiro atoms. The standard InChI is InChI=1S/C18H20N2O7/c1-18(2,3)26-17(24)19-8-11(9-19)25-10-14(21)27-20-15(22)12-6-4-5-7-13(12)16(20)23/h4-7,11H,8-10H2,1-3H3. The van der Waals surface area contributed by atoms with Gasteiger partial charge in [0.2, 0.25) is 0 Å². The number of nitrogens with zero attached hydrogens (tertiary/aromatic N) is 2. The smallest absolute Gasteiger partial charge is 0.410 e. The summed E-state index contributed by atoms with van der Waals surface area (Å²) in [4.78, 5) is 54.2. The average molecular weight is 376 g/mol. The quantitative estimate of drug-likeness (QED) is 0.732. The number of hydrogen-bond acceptors (Lipinski definition) is 7. The molecule has 0 unspecified atom stereocenters. The molecule has 0 saturated carbocycles. The molecule has 27 heavy (non-hydrogen) atoms. The average Bonchev–Trinajstić information content (AvgIpc) is 2.77. The summed E-state index contributed by atoms with van der Waals surface area (Å²) < 4.78 is 10.6. The molecule has 3 amide bonds. The summed E-state index contributed by atoms with van der Waals surface area (Å²) in [5.74, 6) is -2.26. The highest BCUT2D eigenvalue weighted by Gasteiger charge is 2.39. The minimum Gasteiger partial charge on any atom is -0.444 e. The maximum Gasteiger partial charge on any atom is 0.410 e. The van der Waals surface area contributed by atoms with E-state index in [1.54, 1.807) is 32.9 Å². The highest BCUT2D eigenvalue weighted by Crippen LogP contribution is 2.23. The molecule has 0 N–H and O–H groups in total. The molecule has 9 nitrogen and oxygen atoms in total. The van der Waals surface area contributed by atoms with Crippen LogP contribution in [0.2, 0.25) is 0 Å².